The van der Waals surface area contributed by atoms with Crippen LogP contribution in [0.2, 0.25) is 0 Å². The summed E-state index contributed by atoms with van der Waals surface area (Å²) in [5.41, 5.74) is -0.392. The Hall–Kier alpha value is -0.980. The first-order valence-corrected chi connectivity index (χ1v) is 7.49. The zero-order chi connectivity index (χ0) is 14.0. The average Bonchev–Trinajstić information content (AvgIpc) is 3.09. The summed E-state index contributed by atoms with van der Waals surface area (Å²) in [5.74, 6) is 0.882. The zero-order valence-corrected chi connectivity index (χ0v) is 11.9. The van der Waals surface area contributed by atoms with Crippen LogP contribution >= 0.6 is 0 Å². The van der Waals surface area contributed by atoms with Crippen molar-refractivity contribution in [2.45, 2.75) is 56.7 Å². The van der Waals surface area contributed by atoms with Crippen molar-refractivity contribution in [1.82, 2.24) is 10.1 Å². The second-order valence-electron chi connectivity index (χ2n) is 5.63. The molecule has 0 aromatic carbocycles. The molecule has 1 saturated heterocycles. The third-order valence-electron chi connectivity index (χ3n) is 4.32. The fraction of sp³-hybridized carbons (Fsp3) is 0.857. The third-order valence-corrected chi connectivity index (χ3v) is 4.32. The molecular formula is C14H22N2O4. The van der Waals surface area contributed by atoms with Crippen LogP contribution in [-0.4, -0.2) is 41.2 Å². The maximum Gasteiger partial charge on any atom is 0.234 e. The summed E-state index contributed by atoms with van der Waals surface area (Å²) in [5, 5.41) is 14.1. The first kappa shape index (κ1) is 14.0. The number of hydrogen-bond donors (Lipinski definition) is 1. The summed E-state index contributed by atoms with van der Waals surface area (Å²) < 4.78 is 16.7. The first-order valence-electron chi connectivity index (χ1n) is 7.49. The Labute approximate surface area is 118 Å². The van der Waals surface area contributed by atoms with E-state index in [2.05, 4.69) is 10.1 Å². The molecule has 0 amide bonds. The molecule has 1 aromatic rings. The smallest absolute Gasteiger partial charge is 0.234 e. The highest BCUT2D eigenvalue weighted by molar-refractivity contribution is 5.07. The van der Waals surface area contributed by atoms with Crippen LogP contribution in [0.1, 0.15) is 56.7 Å². The summed E-state index contributed by atoms with van der Waals surface area (Å²) >= 11 is 0. The molecule has 1 N–H and O–H groups in total. The molecule has 1 aliphatic carbocycles. The second kappa shape index (κ2) is 5.79. The van der Waals surface area contributed by atoms with Gasteiger partial charge in [0.15, 0.2) is 0 Å². The molecule has 0 radical (unpaired) electrons. The Balaban J connectivity index is 1.81. The van der Waals surface area contributed by atoms with Crippen molar-refractivity contribution < 1.29 is 19.1 Å². The molecule has 112 valence electrons. The Morgan fingerprint density at radius 3 is 2.90 bits per heavy atom. The van der Waals surface area contributed by atoms with E-state index < -0.39 is 11.7 Å². The maximum atomic E-state index is 10.0. The van der Waals surface area contributed by atoms with E-state index in [9.17, 15) is 5.11 Å². The SMILES string of the molecule is CCOC1(c2noc(C3COCCC3O)n2)CCCC1. The predicted molar refractivity (Wildman–Crippen MR) is 70.3 cm³/mol. The van der Waals surface area contributed by atoms with Crippen LogP contribution in [0.3, 0.4) is 0 Å². The molecule has 1 aromatic heterocycles. The Kier molecular flexibility index (Phi) is 4.05. The number of hydrogen-bond acceptors (Lipinski definition) is 6. The number of ether oxygens (including phenoxy) is 2. The molecule has 2 atom stereocenters. The number of nitrogens with zero attached hydrogens (tertiary/aromatic N) is 2. The van der Waals surface area contributed by atoms with E-state index in [0.29, 0.717) is 38.0 Å². The first-order chi connectivity index (χ1) is 9.75. The largest absolute Gasteiger partial charge is 0.392 e. The summed E-state index contributed by atoms with van der Waals surface area (Å²) in [6.07, 6.45) is 4.26. The van der Waals surface area contributed by atoms with Crippen LogP contribution in [0, 0.1) is 0 Å². The molecule has 2 aliphatic rings. The lowest BCUT2D eigenvalue weighted by Crippen LogP contribution is -2.31. The molecule has 3 rings (SSSR count). The second-order valence-corrected chi connectivity index (χ2v) is 5.63. The number of rotatable bonds is 4. The lowest BCUT2D eigenvalue weighted by Gasteiger charge is -2.25. The fourth-order valence-corrected chi connectivity index (χ4v) is 3.19. The van der Waals surface area contributed by atoms with Crippen LogP contribution in [0.5, 0.6) is 0 Å². The summed E-state index contributed by atoms with van der Waals surface area (Å²) in [6.45, 7) is 3.64. The van der Waals surface area contributed by atoms with Crippen molar-refractivity contribution in [1.29, 1.82) is 0 Å². The van der Waals surface area contributed by atoms with E-state index in [1.807, 2.05) is 6.92 Å². The normalized spacial score (nSPS) is 29.7. The molecule has 2 heterocycles. The van der Waals surface area contributed by atoms with Crippen molar-refractivity contribution in [2.24, 2.45) is 0 Å². The van der Waals surface area contributed by atoms with Gasteiger partial charge in [-0.15, -0.1) is 0 Å². The minimum absolute atomic E-state index is 0.218. The van der Waals surface area contributed by atoms with E-state index >= 15 is 0 Å². The van der Waals surface area contributed by atoms with Crippen LogP contribution in [0.25, 0.3) is 0 Å². The molecule has 2 fully saturated rings. The number of aliphatic hydroxyl groups is 1. The molecule has 0 bridgehead atoms. The van der Waals surface area contributed by atoms with Gasteiger partial charge in [-0.05, 0) is 39.0 Å². The number of aromatic nitrogens is 2. The third kappa shape index (κ3) is 2.47. The molecule has 20 heavy (non-hydrogen) atoms. The molecule has 6 nitrogen and oxygen atoms in total. The molecule has 1 saturated carbocycles. The van der Waals surface area contributed by atoms with Crippen molar-refractivity contribution >= 4 is 0 Å². The van der Waals surface area contributed by atoms with Gasteiger partial charge in [0, 0.05) is 13.2 Å². The van der Waals surface area contributed by atoms with Gasteiger partial charge < -0.3 is 19.1 Å². The highest BCUT2D eigenvalue weighted by Crippen LogP contribution is 2.41. The Morgan fingerprint density at radius 1 is 1.40 bits per heavy atom. The highest BCUT2D eigenvalue weighted by Gasteiger charge is 2.42. The van der Waals surface area contributed by atoms with Crippen molar-refractivity contribution in [3.05, 3.63) is 11.7 Å². The van der Waals surface area contributed by atoms with E-state index in [0.717, 1.165) is 25.7 Å². The number of aliphatic hydroxyl groups excluding tert-OH is 1. The molecule has 6 heteroatoms. The van der Waals surface area contributed by atoms with E-state index in [1.165, 1.54) is 0 Å². The summed E-state index contributed by atoms with van der Waals surface area (Å²) in [6, 6.07) is 0. The van der Waals surface area contributed by atoms with E-state index in [4.69, 9.17) is 14.0 Å². The Morgan fingerprint density at radius 2 is 2.20 bits per heavy atom. The van der Waals surface area contributed by atoms with Gasteiger partial charge in [0.05, 0.1) is 18.6 Å². The van der Waals surface area contributed by atoms with E-state index in [-0.39, 0.29) is 5.92 Å². The molecule has 2 unspecified atom stereocenters. The highest BCUT2D eigenvalue weighted by atomic mass is 16.5. The van der Waals surface area contributed by atoms with Crippen LogP contribution in [0.15, 0.2) is 4.52 Å². The van der Waals surface area contributed by atoms with Gasteiger partial charge in [-0.25, -0.2) is 0 Å². The van der Waals surface area contributed by atoms with Crippen molar-refractivity contribution in [3.63, 3.8) is 0 Å². The summed E-state index contributed by atoms with van der Waals surface area (Å²) in [7, 11) is 0. The lowest BCUT2D eigenvalue weighted by atomic mass is 9.98. The van der Waals surface area contributed by atoms with Gasteiger partial charge in [0.25, 0.3) is 0 Å². The predicted octanol–water partition coefficient (Wildman–Crippen LogP) is 1.74. The topological polar surface area (TPSA) is 77.6 Å². The van der Waals surface area contributed by atoms with Crippen LogP contribution < -0.4 is 0 Å². The lowest BCUT2D eigenvalue weighted by molar-refractivity contribution is -0.0469. The fourth-order valence-electron chi connectivity index (χ4n) is 3.19. The van der Waals surface area contributed by atoms with E-state index in [1.54, 1.807) is 0 Å². The van der Waals surface area contributed by atoms with Gasteiger partial charge >= 0.3 is 0 Å². The summed E-state index contributed by atoms with van der Waals surface area (Å²) in [4.78, 5) is 4.51. The van der Waals surface area contributed by atoms with Gasteiger partial charge in [0.2, 0.25) is 11.7 Å². The standard InChI is InChI=1S/C14H22N2O4/c1-2-19-14(6-3-4-7-14)13-15-12(20-16-13)10-9-18-8-5-11(10)17/h10-11,17H,2-9H2,1H3. The molecule has 1 aliphatic heterocycles. The van der Waals surface area contributed by atoms with Gasteiger partial charge in [-0.3, -0.25) is 0 Å². The molecule has 0 spiro atoms. The van der Waals surface area contributed by atoms with Gasteiger partial charge in [0.1, 0.15) is 5.60 Å². The van der Waals surface area contributed by atoms with Gasteiger partial charge in [-0.1, -0.05) is 5.16 Å². The van der Waals surface area contributed by atoms with Crippen molar-refractivity contribution in [3.8, 4) is 0 Å². The Bertz CT molecular complexity index is 442. The van der Waals surface area contributed by atoms with Crippen molar-refractivity contribution in [2.75, 3.05) is 19.8 Å². The van der Waals surface area contributed by atoms with Crippen LogP contribution in [-0.2, 0) is 15.1 Å². The maximum absolute atomic E-state index is 10.0. The minimum atomic E-state index is -0.469. The minimum Gasteiger partial charge on any atom is -0.392 e. The monoisotopic (exact) mass is 282 g/mol. The van der Waals surface area contributed by atoms with Gasteiger partial charge in [-0.2, -0.15) is 4.98 Å². The van der Waals surface area contributed by atoms with Crippen LogP contribution in [0.4, 0.5) is 0 Å². The average molecular weight is 282 g/mol. The zero-order valence-electron chi connectivity index (χ0n) is 11.9. The quantitative estimate of drug-likeness (QED) is 0.906. The molecular weight excluding hydrogens is 260 g/mol.